The maximum atomic E-state index is 5.78. The molecular weight excluding hydrogens is 678 g/mol. The van der Waals surface area contributed by atoms with Crippen LogP contribution in [0.3, 0.4) is 0 Å². The zero-order valence-electron chi connectivity index (χ0n) is 29.7. The summed E-state index contributed by atoms with van der Waals surface area (Å²) >= 11 is 0. The fraction of sp³-hybridized carbons (Fsp3) is 0.227. The summed E-state index contributed by atoms with van der Waals surface area (Å²) in [5.74, 6) is 3.28. The van der Waals surface area contributed by atoms with Gasteiger partial charge in [-0.2, -0.15) is 24.1 Å². The van der Waals surface area contributed by atoms with Crippen molar-refractivity contribution in [2.24, 2.45) is 0 Å². The minimum absolute atomic E-state index is 0. The van der Waals surface area contributed by atoms with Crippen LogP contribution in [0.5, 0.6) is 11.5 Å². The Balaban J connectivity index is 0.000000826. The van der Waals surface area contributed by atoms with Gasteiger partial charge in [-0.05, 0) is 128 Å². The molecule has 0 amide bonds. The zero-order chi connectivity index (χ0) is 34.4. The fourth-order valence-electron chi connectivity index (χ4n) is 6.59. The van der Waals surface area contributed by atoms with Gasteiger partial charge in [0.2, 0.25) is 0 Å². The molecule has 0 heterocycles. The van der Waals surface area contributed by atoms with E-state index in [0.29, 0.717) is 0 Å². The third-order valence-corrected chi connectivity index (χ3v) is 14.2. The Morgan fingerprint density at radius 1 is 0.796 bits per heavy atom. The van der Waals surface area contributed by atoms with E-state index in [1.807, 2.05) is 0 Å². The smallest absolute Gasteiger partial charge is 0.496 e. The van der Waals surface area contributed by atoms with Crippen molar-refractivity contribution in [3.63, 3.8) is 0 Å². The summed E-state index contributed by atoms with van der Waals surface area (Å²) in [6, 6.07) is 18.3. The van der Waals surface area contributed by atoms with E-state index in [-0.39, 0.29) is 22.7 Å². The van der Waals surface area contributed by atoms with Crippen LogP contribution in [0.2, 0.25) is 0 Å². The van der Waals surface area contributed by atoms with Crippen LogP contribution < -0.4 is 25.4 Å². The first-order chi connectivity index (χ1) is 23.2. The van der Waals surface area contributed by atoms with Crippen molar-refractivity contribution >= 4 is 31.8 Å². The molecule has 3 aliphatic carbocycles. The minimum atomic E-state index is -0.872. The summed E-state index contributed by atoms with van der Waals surface area (Å²) < 4.78 is 11.6. The number of hydrogen-bond donors (Lipinski definition) is 0. The molecule has 3 aliphatic rings. The second kappa shape index (κ2) is 17.3. The second-order valence-electron chi connectivity index (χ2n) is 12.1. The van der Waals surface area contributed by atoms with Crippen molar-refractivity contribution in [2.75, 3.05) is 14.2 Å². The van der Waals surface area contributed by atoms with E-state index in [1.54, 1.807) is 14.2 Å². The van der Waals surface area contributed by atoms with E-state index < -0.39 is 15.8 Å². The monoisotopic (exact) mass is 720 g/mol. The van der Waals surface area contributed by atoms with Crippen LogP contribution >= 0.6 is 15.8 Å². The molecule has 248 valence electrons. The quantitative estimate of drug-likeness (QED) is 0.0949. The number of ether oxygens (including phenoxy) is 2. The van der Waals surface area contributed by atoms with Crippen LogP contribution in [-0.2, 0) is 17.1 Å². The molecule has 0 aliphatic heterocycles. The summed E-state index contributed by atoms with van der Waals surface area (Å²) in [5.41, 5.74) is 18.9. The molecule has 0 bridgehead atoms. The molecule has 2 nitrogen and oxygen atoms in total. The average Bonchev–Trinajstić information content (AvgIpc) is 3.79. The molecule has 0 saturated heterocycles. The van der Waals surface area contributed by atoms with Gasteiger partial charge in [-0.25, -0.2) is 5.73 Å². The van der Waals surface area contributed by atoms with Crippen molar-refractivity contribution in [1.82, 2.24) is 0 Å². The molecule has 0 spiro atoms. The van der Waals surface area contributed by atoms with Crippen LogP contribution in [0, 0.1) is 59.1 Å². The minimum Gasteiger partial charge on any atom is -0.496 e. The Hall–Kier alpha value is -3.67. The van der Waals surface area contributed by atoms with Gasteiger partial charge in [-0.15, -0.1) is 29.6 Å². The number of aryl methyl sites for hydroxylation is 5. The molecule has 0 aromatic heterocycles. The maximum absolute atomic E-state index is 5.78. The molecule has 3 aromatic rings. The summed E-state index contributed by atoms with van der Waals surface area (Å²) in [4.78, 5) is 0. The third-order valence-electron chi connectivity index (χ3n) is 8.68. The third kappa shape index (κ3) is 8.38. The normalized spacial score (nSPS) is 15.0. The van der Waals surface area contributed by atoms with Gasteiger partial charge >= 0.3 is 17.1 Å². The van der Waals surface area contributed by atoms with Crippen LogP contribution in [0.25, 0.3) is 0 Å². The van der Waals surface area contributed by atoms with Crippen molar-refractivity contribution in [3.8, 4) is 11.5 Å². The standard InChI is InChI=1S/C39H42O2P2.C5.Fe/c1-25-15-10-12-18-35(25)42(36-19-13-11-16-26(36)2)31(7)34-17-14-20-37(34)43(32-21-27(3)38(40-8)28(4)22-32)33-23-29(5)39(41-9)30(6)24-33;1-2-4-5-3-1;/h10-16,18-24,31H,1-9H3;;/q2*-1;+2/t31-;;/m0../s1. The van der Waals surface area contributed by atoms with E-state index >= 15 is 0 Å². The van der Waals surface area contributed by atoms with Gasteiger partial charge in [0.25, 0.3) is 0 Å². The largest absolute Gasteiger partial charge is 2.00 e. The van der Waals surface area contributed by atoms with Crippen molar-refractivity contribution in [3.05, 3.63) is 170 Å². The van der Waals surface area contributed by atoms with Gasteiger partial charge in [0.15, 0.2) is 0 Å². The molecule has 0 N–H and O–H groups in total. The van der Waals surface area contributed by atoms with Gasteiger partial charge in [0.1, 0.15) is 11.5 Å². The predicted molar refractivity (Wildman–Crippen MR) is 205 cm³/mol. The summed E-state index contributed by atoms with van der Waals surface area (Å²) in [5, 5.41) is 6.93. The number of hydrogen-bond acceptors (Lipinski definition) is 2. The van der Waals surface area contributed by atoms with E-state index in [1.165, 1.54) is 65.9 Å². The summed E-state index contributed by atoms with van der Waals surface area (Å²) in [6.45, 7) is 15.6. The second-order valence-corrected chi connectivity index (χ2v) is 16.7. The van der Waals surface area contributed by atoms with E-state index in [0.717, 1.165) is 11.5 Å². The molecule has 6 rings (SSSR count). The SMILES string of the molecule is COc1c(C)cc(P(C2=CC=C=C2[C@H](C)P(C2=C[CH]C=C[C-]2C)c2ccccc2C)c2cc(C)c(OC)c(C)c2)cc1C.[C]1=C=C=C=[C-]1.[Fe+2]. The molecular formula is C44H42FeO2P2. The van der Waals surface area contributed by atoms with Crippen LogP contribution in [0.4, 0.5) is 0 Å². The van der Waals surface area contributed by atoms with Crippen molar-refractivity contribution in [1.29, 1.82) is 0 Å². The Labute approximate surface area is 307 Å². The first kappa shape index (κ1) is 38.1. The van der Waals surface area contributed by atoms with E-state index in [2.05, 4.69) is 169 Å². The molecule has 1 unspecified atom stereocenters. The molecule has 0 fully saturated rings. The topological polar surface area (TPSA) is 18.5 Å². The van der Waals surface area contributed by atoms with Gasteiger partial charge in [0.05, 0.1) is 14.2 Å². The van der Waals surface area contributed by atoms with Gasteiger partial charge in [-0.1, -0.05) is 46.0 Å². The van der Waals surface area contributed by atoms with Crippen LogP contribution in [-0.4, -0.2) is 19.9 Å². The van der Waals surface area contributed by atoms with Gasteiger partial charge in [0, 0.05) is 11.2 Å². The number of allylic oxidation sites excluding steroid dienone is 9. The molecule has 5 heteroatoms. The van der Waals surface area contributed by atoms with Crippen molar-refractivity contribution < 1.29 is 26.5 Å². The van der Waals surface area contributed by atoms with E-state index in [4.69, 9.17) is 9.47 Å². The number of rotatable bonds is 9. The molecule has 2 atom stereocenters. The Morgan fingerprint density at radius 2 is 1.39 bits per heavy atom. The predicted octanol–water partition coefficient (Wildman–Crippen LogP) is 9.73. The fourth-order valence-corrected chi connectivity index (χ4v) is 12.5. The Morgan fingerprint density at radius 3 is 1.86 bits per heavy atom. The molecule has 49 heavy (non-hydrogen) atoms. The Kier molecular flexibility index (Phi) is 13.5. The number of methoxy groups -OCH3 is 2. The van der Waals surface area contributed by atoms with Gasteiger partial charge in [-0.3, -0.25) is 11.5 Å². The first-order valence-corrected chi connectivity index (χ1v) is 18.8. The van der Waals surface area contributed by atoms with E-state index in [9.17, 15) is 0 Å². The summed E-state index contributed by atoms with van der Waals surface area (Å²) in [6.07, 6.45) is 18.4. The molecule has 3 aromatic carbocycles. The Bertz CT molecular complexity index is 1900. The van der Waals surface area contributed by atoms with Crippen molar-refractivity contribution in [2.45, 2.75) is 54.1 Å². The summed E-state index contributed by atoms with van der Waals surface area (Å²) in [7, 11) is 1.97. The van der Waals surface area contributed by atoms with Crippen LogP contribution in [0.15, 0.2) is 118 Å². The first-order valence-electron chi connectivity index (χ1n) is 16.1. The zero-order valence-corrected chi connectivity index (χ0v) is 32.6. The number of benzene rings is 3. The van der Waals surface area contributed by atoms with Gasteiger partial charge < -0.3 is 9.47 Å². The maximum Gasteiger partial charge on any atom is 2.00 e. The van der Waals surface area contributed by atoms with Crippen LogP contribution in [0.1, 0.15) is 41.7 Å². The molecule has 0 saturated carbocycles. The molecule has 2 radical (unpaired) electrons. The average molecular weight is 721 g/mol.